The second-order valence-electron chi connectivity index (χ2n) is 6.82. The first kappa shape index (κ1) is 18.1. The van der Waals surface area contributed by atoms with Crippen LogP contribution in [-0.2, 0) is 16.6 Å². The number of hydrogen-bond acceptors (Lipinski definition) is 3. The maximum absolute atomic E-state index is 13.4. The van der Waals surface area contributed by atoms with E-state index in [-0.39, 0.29) is 4.90 Å². The lowest BCUT2D eigenvalue weighted by molar-refractivity contribution is 0.181. The van der Waals surface area contributed by atoms with Gasteiger partial charge >= 0.3 is 0 Å². The van der Waals surface area contributed by atoms with Crippen LogP contribution >= 0.6 is 0 Å². The monoisotopic (exact) mass is 384 g/mol. The van der Waals surface area contributed by atoms with Crippen LogP contribution in [0.4, 0.5) is 4.39 Å². The minimum atomic E-state index is -3.64. The molecule has 0 spiro atoms. The minimum absolute atomic E-state index is 0.0190. The van der Waals surface area contributed by atoms with Gasteiger partial charge in [-0.2, -0.15) is 4.31 Å². The van der Waals surface area contributed by atoms with Gasteiger partial charge in [-0.15, -0.1) is 0 Å². The molecule has 4 rings (SSSR count). The molecule has 1 aliphatic rings. The molecule has 6 heteroatoms. The Morgan fingerprint density at radius 1 is 0.815 bits per heavy atom. The Morgan fingerprint density at radius 3 is 2.30 bits per heavy atom. The maximum Gasteiger partial charge on any atom is 0.243 e. The van der Waals surface area contributed by atoms with Gasteiger partial charge in [0, 0.05) is 32.7 Å². The molecule has 0 N–H and O–H groups in total. The SMILES string of the molecule is O=S(=O)(c1cccc(F)c1)N1CCN(Cc2ccc3ccccc3c2)CC1. The Bertz CT molecular complexity index is 1060. The van der Waals surface area contributed by atoms with Crippen molar-refractivity contribution in [1.29, 1.82) is 0 Å². The summed E-state index contributed by atoms with van der Waals surface area (Å²) < 4.78 is 40.2. The summed E-state index contributed by atoms with van der Waals surface area (Å²) >= 11 is 0. The fraction of sp³-hybridized carbons (Fsp3) is 0.238. The van der Waals surface area contributed by atoms with Crippen molar-refractivity contribution < 1.29 is 12.8 Å². The molecular weight excluding hydrogens is 363 g/mol. The van der Waals surface area contributed by atoms with Crippen LogP contribution in [0.3, 0.4) is 0 Å². The lowest BCUT2D eigenvalue weighted by Crippen LogP contribution is -2.48. The third-order valence-corrected chi connectivity index (χ3v) is 6.88. The molecule has 3 aromatic carbocycles. The molecule has 3 aromatic rings. The predicted octanol–water partition coefficient (Wildman–Crippen LogP) is 3.49. The zero-order valence-corrected chi connectivity index (χ0v) is 15.7. The van der Waals surface area contributed by atoms with Crippen LogP contribution in [0.15, 0.2) is 71.6 Å². The van der Waals surface area contributed by atoms with E-state index in [1.165, 1.54) is 38.8 Å². The van der Waals surface area contributed by atoms with Crippen LogP contribution in [0.25, 0.3) is 10.8 Å². The highest BCUT2D eigenvalue weighted by Crippen LogP contribution is 2.20. The van der Waals surface area contributed by atoms with E-state index in [2.05, 4.69) is 35.2 Å². The van der Waals surface area contributed by atoms with Crippen molar-refractivity contribution in [1.82, 2.24) is 9.21 Å². The number of fused-ring (bicyclic) bond motifs is 1. The topological polar surface area (TPSA) is 40.6 Å². The predicted molar refractivity (Wildman–Crippen MR) is 104 cm³/mol. The number of rotatable bonds is 4. The van der Waals surface area contributed by atoms with E-state index in [0.717, 1.165) is 12.6 Å². The molecule has 0 bridgehead atoms. The highest BCUT2D eigenvalue weighted by Gasteiger charge is 2.28. The molecule has 0 radical (unpaired) electrons. The van der Waals surface area contributed by atoms with Crippen molar-refractivity contribution in [3.05, 3.63) is 78.1 Å². The second kappa shape index (κ2) is 7.38. The van der Waals surface area contributed by atoms with E-state index in [1.807, 2.05) is 12.1 Å². The smallest absolute Gasteiger partial charge is 0.243 e. The van der Waals surface area contributed by atoms with Crippen LogP contribution < -0.4 is 0 Å². The highest BCUT2D eigenvalue weighted by atomic mass is 32.2. The molecule has 27 heavy (non-hydrogen) atoms. The summed E-state index contributed by atoms with van der Waals surface area (Å²) in [6.45, 7) is 2.92. The summed E-state index contributed by atoms with van der Waals surface area (Å²) in [5, 5.41) is 2.43. The first-order valence-electron chi connectivity index (χ1n) is 8.98. The van der Waals surface area contributed by atoms with Gasteiger partial charge in [0.2, 0.25) is 10.0 Å². The molecule has 0 saturated carbocycles. The van der Waals surface area contributed by atoms with Crippen molar-refractivity contribution in [3.63, 3.8) is 0 Å². The number of nitrogens with zero attached hydrogens (tertiary/aromatic N) is 2. The fourth-order valence-electron chi connectivity index (χ4n) is 3.50. The van der Waals surface area contributed by atoms with Gasteiger partial charge in [0.05, 0.1) is 4.90 Å². The molecule has 0 atom stereocenters. The summed E-state index contributed by atoms with van der Waals surface area (Å²) in [6.07, 6.45) is 0. The maximum atomic E-state index is 13.4. The number of sulfonamides is 1. The van der Waals surface area contributed by atoms with Gasteiger partial charge in [0.25, 0.3) is 0 Å². The summed E-state index contributed by atoms with van der Waals surface area (Å²) in [6, 6.07) is 19.9. The Balaban J connectivity index is 1.42. The zero-order valence-electron chi connectivity index (χ0n) is 14.9. The number of halogens is 1. The van der Waals surface area contributed by atoms with E-state index in [0.29, 0.717) is 26.2 Å². The Hall–Kier alpha value is -2.28. The fourth-order valence-corrected chi connectivity index (χ4v) is 4.95. The zero-order chi connectivity index (χ0) is 18.9. The largest absolute Gasteiger partial charge is 0.296 e. The molecule has 1 fully saturated rings. The molecule has 0 aromatic heterocycles. The highest BCUT2D eigenvalue weighted by molar-refractivity contribution is 7.89. The van der Waals surface area contributed by atoms with Crippen LogP contribution in [-0.4, -0.2) is 43.8 Å². The Kier molecular flexibility index (Phi) is 4.95. The normalized spacial score (nSPS) is 16.6. The van der Waals surface area contributed by atoms with E-state index < -0.39 is 15.8 Å². The van der Waals surface area contributed by atoms with Crippen LogP contribution in [0.1, 0.15) is 5.56 Å². The van der Waals surface area contributed by atoms with Crippen LogP contribution in [0, 0.1) is 5.82 Å². The first-order chi connectivity index (χ1) is 13.0. The lowest BCUT2D eigenvalue weighted by atomic mass is 10.1. The standard InChI is InChI=1S/C21H21FN2O2S/c22-20-6-3-7-21(15-20)27(25,26)24-12-10-23(11-13-24)16-17-8-9-18-4-1-2-5-19(18)14-17/h1-9,14-15H,10-13,16H2. The number of piperazine rings is 1. The molecule has 4 nitrogen and oxygen atoms in total. The molecule has 0 amide bonds. The van der Waals surface area contributed by atoms with Gasteiger partial charge in [-0.05, 0) is 40.6 Å². The third kappa shape index (κ3) is 3.88. The summed E-state index contributed by atoms with van der Waals surface area (Å²) in [5.74, 6) is -0.536. The van der Waals surface area contributed by atoms with Crippen molar-refractivity contribution in [2.24, 2.45) is 0 Å². The number of benzene rings is 3. The minimum Gasteiger partial charge on any atom is -0.296 e. The molecular formula is C21H21FN2O2S. The number of hydrogen-bond donors (Lipinski definition) is 0. The van der Waals surface area contributed by atoms with Crippen molar-refractivity contribution >= 4 is 20.8 Å². The second-order valence-corrected chi connectivity index (χ2v) is 8.76. The van der Waals surface area contributed by atoms with Gasteiger partial charge in [0.15, 0.2) is 0 Å². The van der Waals surface area contributed by atoms with Crippen LogP contribution in [0.2, 0.25) is 0 Å². The van der Waals surface area contributed by atoms with Gasteiger partial charge in [-0.25, -0.2) is 12.8 Å². The Morgan fingerprint density at radius 2 is 1.56 bits per heavy atom. The van der Waals surface area contributed by atoms with Gasteiger partial charge in [0.1, 0.15) is 5.82 Å². The molecule has 1 saturated heterocycles. The van der Waals surface area contributed by atoms with E-state index in [1.54, 1.807) is 0 Å². The summed E-state index contributed by atoms with van der Waals surface area (Å²) in [4.78, 5) is 2.27. The van der Waals surface area contributed by atoms with Gasteiger partial charge in [-0.3, -0.25) is 4.90 Å². The molecule has 1 aliphatic heterocycles. The molecule has 0 aliphatic carbocycles. The Labute approximate surface area is 158 Å². The summed E-state index contributed by atoms with van der Waals surface area (Å²) in [7, 11) is -3.64. The molecule has 1 heterocycles. The quantitative estimate of drug-likeness (QED) is 0.691. The average Bonchev–Trinajstić information content (AvgIpc) is 2.68. The van der Waals surface area contributed by atoms with Gasteiger partial charge in [-0.1, -0.05) is 42.5 Å². The molecule has 0 unspecified atom stereocenters. The van der Waals surface area contributed by atoms with E-state index in [4.69, 9.17) is 0 Å². The third-order valence-electron chi connectivity index (χ3n) is 4.99. The lowest BCUT2D eigenvalue weighted by Gasteiger charge is -2.34. The molecule has 140 valence electrons. The first-order valence-corrected chi connectivity index (χ1v) is 10.4. The van der Waals surface area contributed by atoms with Crippen molar-refractivity contribution in [2.75, 3.05) is 26.2 Å². The average molecular weight is 384 g/mol. The van der Waals surface area contributed by atoms with E-state index in [9.17, 15) is 12.8 Å². The summed E-state index contributed by atoms with van der Waals surface area (Å²) in [5.41, 5.74) is 1.22. The van der Waals surface area contributed by atoms with Crippen molar-refractivity contribution in [2.45, 2.75) is 11.4 Å². The van der Waals surface area contributed by atoms with Crippen LogP contribution in [0.5, 0.6) is 0 Å². The van der Waals surface area contributed by atoms with E-state index >= 15 is 0 Å². The van der Waals surface area contributed by atoms with Crippen molar-refractivity contribution in [3.8, 4) is 0 Å². The van der Waals surface area contributed by atoms with Gasteiger partial charge < -0.3 is 0 Å².